The summed E-state index contributed by atoms with van der Waals surface area (Å²) in [5.41, 5.74) is 8.89. The first-order valence-electron chi connectivity index (χ1n) is 6.50. The molecule has 0 saturated heterocycles. The summed E-state index contributed by atoms with van der Waals surface area (Å²) in [5.74, 6) is 1.59. The third-order valence-corrected chi connectivity index (χ3v) is 2.95. The molecule has 0 aliphatic rings. The van der Waals surface area contributed by atoms with Crippen LogP contribution in [0.15, 0.2) is 28.7 Å². The number of aromatic nitrogens is 1. The van der Waals surface area contributed by atoms with Gasteiger partial charge in [0.25, 0.3) is 0 Å². The minimum absolute atomic E-state index is 0.564. The molecule has 0 atom stereocenters. The van der Waals surface area contributed by atoms with Crippen LogP contribution in [0.3, 0.4) is 0 Å². The molecule has 2 aromatic rings. The quantitative estimate of drug-likeness (QED) is 0.879. The predicted octanol–water partition coefficient (Wildman–Crippen LogP) is 3.10. The maximum absolute atomic E-state index is 5.75. The molecule has 0 spiro atoms. The van der Waals surface area contributed by atoms with Crippen molar-refractivity contribution in [2.45, 2.75) is 33.1 Å². The Kier molecular flexibility index (Phi) is 4.15. The van der Waals surface area contributed by atoms with Crippen LogP contribution in [0.25, 0.3) is 11.3 Å². The number of benzene rings is 1. The molecule has 1 aromatic heterocycles. The second-order valence-electron chi connectivity index (χ2n) is 4.51. The Morgan fingerprint density at radius 3 is 2.50 bits per heavy atom. The van der Waals surface area contributed by atoms with Gasteiger partial charge in [-0.05, 0) is 18.9 Å². The lowest BCUT2D eigenvalue weighted by molar-refractivity contribution is 0.508. The fourth-order valence-electron chi connectivity index (χ4n) is 2.06. The van der Waals surface area contributed by atoms with Crippen molar-refractivity contribution in [3.63, 3.8) is 0 Å². The first kappa shape index (κ1) is 12.8. The second kappa shape index (κ2) is 5.83. The van der Waals surface area contributed by atoms with Gasteiger partial charge in [-0.25, -0.2) is 4.98 Å². The van der Waals surface area contributed by atoms with Gasteiger partial charge in [0.15, 0.2) is 11.7 Å². The molecule has 0 fully saturated rings. The highest BCUT2D eigenvalue weighted by Gasteiger charge is 2.10. The maximum Gasteiger partial charge on any atom is 0.196 e. The van der Waals surface area contributed by atoms with Crippen LogP contribution in [0.5, 0.6) is 0 Å². The van der Waals surface area contributed by atoms with Crippen molar-refractivity contribution in [3.8, 4) is 11.3 Å². The molecule has 1 aromatic carbocycles. The van der Waals surface area contributed by atoms with Crippen LogP contribution in [0.2, 0.25) is 0 Å². The summed E-state index contributed by atoms with van der Waals surface area (Å²) in [5, 5.41) is 0. The molecule has 2 rings (SSSR count). The molecule has 0 radical (unpaired) electrons. The Morgan fingerprint density at radius 1 is 1.17 bits per heavy atom. The van der Waals surface area contributed by atoms with Crippen LogP contribution in [0.1, 0.15) is 30.5 Å². The van der Waals surface area contributed by atoms with Crippen LogP contribution in [0.4, 0.5) is 0 Å². The average molecular weight is 244 g/mol. The Balaban J connectivity index is 2.24. The predicted molar refractivity (Wildman–Crippen MR) is 73.4 cm³/mol. The first-order chi connectivity index (χ1) is 8.74. The van der Waals surface area contributed by atoms with Crippen LogP contribution < -0.4 is 5.73 Å². The molecule has 0 saturated carbocycles. The van der Waals surface area contributed by atoms with E-state index in [4.69, 9.17) is 10.2 Å². The zero-order valence-corrected chi connectivity index (χ0v) is 11.1. The van der Waals surface area contributed by atoms with Gasteiger partial charge < -0.3 is 10.2 Å². The minimum Gasteiger partial charge on any atom is -0.440 e. The van der Waals surface area contributed by atoms with Gasteiger partial charge in [0, 0.05) is 18.5 Å². The molecule has 0 bridgehead atoms. The topological polar surface area (TPSA) is 52.0 Å². The minimum atomic E-state index is 0.564. The lowest BCUT2D eigenvalue weighted by Gasteiger charge is -2.01. The summed E-state index contributed by atoms with van der Waals surface area (Å²) in [6.07, 6.45) is 2.98. The van der Waals surface area contributed by atoms with E-state index < -0.39 is 0 Å². The fraction of sp³-hybridized carbons (Fsp3) is 0.400. The molecule has 2 N–H and O–H groups in total. The van der Waals surface area contributed by atoms with Gasteiger partial charge in [0.2, 0.25) is 0 Å². The molecule has 0 aliphatic heterocycles. The van der Waals surface area contributed by atoms with Crippen molar-refractivity contribution in [1.29, 1.82) is 0 Å². The van der Waals surface area contributed by atoms with Crippen molar-refractivity contribution in [1.82, 2.24) is 4.98 Å². The average Bonchev–Trinajstić information content (AvgIpc) is 2.72. The Hall–Kier alpha value is -1.61. The van der Waals surface area contributed by atoms with E-state index in [0.717, 1.165) is 29.3 Å². The number of oxazole rings is 1. The van der Waals surface area contributed by atoms with Gasteiger partial charge in [-0.1, -0.05) is 37.6 Å². The number of hydrogen-bond donors (Lipinski definition) is 1. The zero-order chi connectivity index (χ0) is 13.0. The molecule has 96 valence electrons. The summed E-state index contributed by atoms with van der Waals surface area (Å²) in [7, 11) is 0. The number of rotatable bonds is 5. The summed E-state index contributed by atoms with van der Waals surface area (Å²) >= 11 is 0. The zero-order valence-electron chi connectivity index (χ0n) is 11.1. The molecule has 0 unspecified atom stereocenters. The van der Waals surface area contributed by atoms with E-state index in [9.17, 15) is 0 Å². The van der Waals surface area contributed by atoms with E-state index >= 15 is 0 Å². The third-order valence-electron chi connectivity index (χ3n) is 2.95. The monoisotopic (exact) mass is 244 g/mol. The van der Waals surface area contributed by atoms with E-state index in [0.29, 0.717) is 13.0 Å². The van der Waals surface area contributed by atoms with E-state index in [1.807, 2.05) is 6.92 Å². The molecule has 18 heavy (non-hydrogen) atoms. The summed E-state index contributed by atoms with van der Waals surface area (Å²) in [6.45, 7) is 4.72. The van der Waals surface area contributed by atoms with E-state index in [1.54, 1.807) is 0 Å². The smallest absolute Gasteiger partial charge is 0.196 e. The Labute approximate surface area is 108 Å². The standard InChI is InChI=1S/C15H20N2O/c1-3-4-12-5-7-13(8-6-12)15-11(2)17-14(18-15)9-10-16/h5-8H,3-4,9-10,16H2,1-2H3. The molecule has 3 nitrogen and oxygen atoms in total. The van der Waals surface area contributed by atoms with Gasteiger partial charge >= 0.3 is 0 Å². The number of nitrogens with two attached hydrogens (primary N) is 1. The lowest BCUT2D eigenvalue weighted by atomic mass is 10.1. The van der Waals surface area contributed by atoms with Crippen molar-refractivity contribution < 1.29 is 4.42 Å². The normalized spacial score (nSPS) is 10.8. The maximum atomic E-state index is 5.75. The van der Waals surface area contributed by atoms with Gasteiger partial charge in [-0.2, -0.15) is 0 Å². The van der Waals surface area contributed by atoms with Gasteiger partial charge in [0.05, 0.1) is 5.69 Å². The highest BCUT2D eigenvalue weighted by Crippen LogP contribution is 2.25. The second-order valence-corrected chi connectivity index (χ2v) is 4.51. The van der Waals surface area contributed by atoms with Crippen molar-refractivity contribution >= 4 is 0 Å². The van der Waals surface area contributed by atoms with E-state index in [-0.39, 0.29) is 0 Å². The SMILES string of the molecule is CCCc1ccc(-c2oc(CCN)nc2C)cc1. The summed E-state index contributed by atoms with van der Waals surface area (Å²) in [6, 6.07) is 8.52. The van der Waals surface area contributed by atoms with Gasteiger partial charge in [-0.3, -0.25) is 0 Å². The molecule has 0 aliphatic carbocycles. The first-order valence-corrected chi connectivity index (χ1v) is 6.50. The van der Waals surface area contributed by atoms with E-state index in [2.05, 4.69) is 36.2 Å². The van der Waals surface area contributed by atoms with Crippen LogP contribution in [-0.2, 0) is 12.8 Å². The van der Waals surface area contributed by atoms with Crippen LogP contribution >= 0.6 is 0 Å². The van der Waals surface area contributed by atoms with Crippen molar-refractivity contribution in [2.24, 2.45) is 5.73 Å². The lowest BCUT2D eigenvalue weighted by Crippen LogP contribution is -2.02. The van der Waals surface area contributed by atoms with Gasteiger partial charge in [-0.15, -0.1) is 0 Å². The number of aryl methyl sites for hydroxylation is 2. The van der Waals surface area contributed by atoms with Gasteiger partial charge in [0.1, 0.15) is 0 Å². The van der Waals surface area contributed by atoms with E-state index in [1.165, 1.54) is 12.0 Å². The van der Waals surface area contributed by atoms with Crippen molar-refractivity contribution in [3.05, 3.63) is 41.4 Å². The molecule has 0 amide bonds. The fourth-order valence-corrected chi connectivity index (χ4v) is 2.06. The number of hydrogen-bond acceptors (Lipinski definition) is 3. The summed E-state index contributed by atoms with van der Waals surface area (Å²) in [4.78, 5) is 4.39. The molecular weight excluding hydrogens is 224 g/mol. The largest absolute Gasteiger partial charge is 0.440 e. The third kappa shape index (κ3) is 2.79. The van der Waals surface area contributed by atoms with Crippen molar-refractivity contribution in [2.75, 3.05) is 6.54 Å². The molecule has 3 heteroatoms. The molecule has 1 heterocycles. The Bertz CT molecular complexity index is 500. The molecular formula is C15H20N2O. The number of nitrogens with zero attached hydrogens (tertiary/aromatic N) is 1. The summed E-state index contributed by atoms with van der Waals surface area (Å²) < 4.78 is 5.75. The highest BCUT2D eigenvalue weighted by atomic mass is 16.4. The highest BCUT2D eigenvalue weighted by molar-refractivity contribution is 5.60. The van der Waals surface area contributed by atoms with Crippen LogP contribution in [-0.4, -0.2) is 11.5 Å². The van der Waals surface area contributed by atoms with Crippen LogP contribution in [0, 0.1) is 6.92 Å². The Morgan fingerprint density at radius 2 is 1.89 bits per heavy atom.